The molecule has 0 saturated carbocycles. The fourth-order valence-electron chi connectivity index (χ4n) is 2.62. The number of carbonyl (C=O) groups is 1. The van der Waals surface area contributed by atoms with E-state index in [2.05, 4.69) is 15.8 Å². The Hall–Kier alpha value is -3.38. The first-order chi connectivity index (χ1) is 14.4. The fraction of sp³-hybridized carbons (Fsp3) is 0.190. The van der Waals surface area contributed by atoms with Gasteiger partial charge in [-0.05, 0) is 55.0 Å². The maximum absolute atomic E-state index is 13.0. The minimum atomic E-state index is -2.94. The van der Waals surface area contributed by atoms with Gasteiger partial charge in [0.2, 0.25) is 0 Å². The molecule has 0 radical (unpaired) electrons. The largest absolute Gasteiger partial charge is 0.497 e. The standard InChI is InChI=1S/C21H17F2N3O3S/c1-13(12-24)30-21-25-18(11-14-3-7-16(28-2)8-4-14)19(27)26(21)15-5-9-17(10-6-15)29-20(22)23/h3-11,13,20H,1-2H3/b18-11-. The van der Waals surface area contributed by atoms with E-state index in [9.17, 15) is 13.6 Å². The molecule has 154 valence electrons. The summed E-state index contributed by atoms with van der Waals surface area (Å²) in [4.78, 5) is 18.8. The summed E-state index contributed by atoms with van der Waals surface area (Å²) in [6.07, 6.45) is 1.63. The third-order valence-corrected chi connectivity index (χ3v) is 4.98. The molecule has 6 nitrogen and oxygen atoms in total. The second-order valence-electron chi connectivity index (χ2n) is 6.10. The van der Waals surface area contributed by atoms with Crippen molar-refractivity contribution in [3.63, 3.8) is 0 Å². The van der Waals surface area contributed by atoms with Crippen molar-refractivity contribution >= 4 is 34.6 Å². The molecule has 1 atom stereocenters. The molecule has 1 aliphatic rings. The highest BCUT2D eigenvalue weighted by molar-refractivity contribution is 8.15. The monoisotopic (exact) mass is 429 g/mol. The van der Waals surface area contributed by atoms with Gasteiger partial charge in [-0.1, -0.05) is 23.9 Å². The van der Waals surface area contributed by atoms with Crippen LogP contribution in [0, 0.1) is 11.3 Å². The number of anilines is 1. The Balaban J connectivity index is 1.93. The van der Waals surface area contributed by atoms with Crippen LogP contribution in [0.2, 0.25) is 0 Å². The van der Waals surface area contributed by atoms with E-state index in [0.29, 0.717) is 16.6 Å². The zero-order valence-electron chi connectivity index (χ0n) is 16.1. The van der Waals surface area contributed by atoms with Crippen molar-refractivity contribution in [3.8, 4) is 17.6 Å². The molecule has 3 rings (SSSR count). The van der Waals surface area contributed by atoms with E-state index in [1.165, 1.54) is 29.2 Å². The number of hydrogen-bond donors (Lipinski definition) is 0. The number of ether oxygens (including phenoxy) is 2. The van der Waals surface area contributed by atoms with Crippen LogP contribution < -0.4 is 14.4 Å². The minimum absolute atomic E-state index is 0.0223. The number of hydrogen-bond acceptors (Lipinski definition) is 6. The quantitative estimate of drug-likeness (QED) is 0.623. The molecular formula is C21H17F2N3O3S. The Morgan fingerprint density at radius 1 is 1.13 bits per heavy atom. The second-order valence-corrected chi connectivity index (χ2v) is 7.41. The topological polar surface area (TPSA) is 74.9 Å². The zero-order chi connectivity index (χ0) is 21.7. The molecule has 1 unspecified atom stereocenters. The van der Waals surface area contributed by atoms with E-state index in [-0.39, 0.29) is 17.4 Å². The molecule has 0 aromatic heterocycles. The number of rotatable bonds is 6. The lowest BCUT2D eigenvalue weighted by Gasteiger charge is -2.18. The molecule has 9 heteroatoms. The summed E-state index contributed by atoms with van der Waals surface area (Å²) in [7, 11) is 1.56. The lowest BCUT2D eigenvalue weighted by molar-refractivity contribution is -0.113. The maximum atomic E-state index is 13.0. The number of carbonyl (C=O) groups excluding carboxylic acids is 1. The molecule has 0 aliphatic carbocycles. The molecule has 2 aromatic carbocycles. The predicted octanol–water partition coefficient (Wildman–Crippen LogP) is 4.69. The Morgan fingerprint density at radius 3 is 2.33 bits per heavy atom. The van der Waals surface area contributed by atoms with Crippen molar-refractivity contribution in [1.82, 2.24) is 0 Å². The van der Waals surface area contributed by atoms with Crippen molar-refractivity contribution in [1.29, 1.82) is 5.26 Å². The highest BCUT2D eigenvalue weighted by Gasteiger charge is 2.33. The van der Waals surface area contributed by atoms with E-state index >= 15 is 0 Å². The summed E-state index contributed by atoms with van der Waals surface area (Å²) in [5.74, 6) is 0.275. The van der Waals surface area contributed by atoms with Crippen LogP contribution in [-0.2, 0) is 4.79 Å². The Kier molecular flexibility index (Phi) is 6.69. The van der Waals surface area contributed by atoms with E-state index < -0.39 is 11.9 Å². The number of thioether (sulfide) groups is 1. The van der Waals surface area contributed by atoms with Crippen LogP contribution in [0.5, 0.6) is 11.5 Å². The van der Waals surface area contributed by atoms with Crippen LogP contribution >= 0.6 is 11.8 Å². The summed E-state index contributed by atoms with van der Waals surface area (Å²) in [5.41, 5.74) is 1.37. The predicted molar refractivity (Wildman–Crippen MR) is 112 cm³/mol. The molecule has 0 fully saturated rings. The Labute approximate surface area is 176 Å². The summed E-state index contributed by atoms with van der Waals surface area (Å²) < 4.78 is 34.2. The van der Waals surface area contributed by atoms with Crippen molar-refractivity contribution < 1.29 is 23.0 Å². The third-order valence-electron chi connectivity index (χ3n) is 4.03. The molecule has 1 aliphatic heterocycles. The maximum Gasteiger partial charge on any atom is 0.387 e. The van der Waals surface area contributed by atoms with Crippen LogP contribution in [-0.4, -0.2) is 30.0 Å². The average molecular weight is 429 g/mol. The number of nitriles is 1. The summed E-state index contributed by atoms with van der Waals surface area (Å²) >= 11 is 1.13. The van der Waals surface area contributed by atoms with Crippen LogP contribution in [0.15, 0.2) is 59.2 Å². The van der Waals surface area contributed by atoms with Gasteiger partial charge >= 0.3 is 6.61 Å². The van der Waals surface area contributed by atoms with Gasteiger partial charge < -0.3 is 9.47 Å². The number of amidine groups is 1. The van der Waals surface area contributed by atoms with E-state index in [4.69, 9.17) is 10.00 Å². The van der Waals surface area contributed by atoms with Crippen molar-refractivity contribution in [3.05, 3.63) is 59.8 Å². The molecule has 0 spiro atoms. The first-order valence-corrected chi connectivity index (χ1v) is 9.69. The number of nitrogens with zero attached hydrogens (tertiary/aromatic N) is 3. The van der Waals surface area contributed by atoms with Gasteiger partial charge in [-0.25, -0.2) is 4.99 Å². The number of amides is 1. The summed E-state index contributed by atoms with van der Waals surface area (Å²) in [5, 5.41) is 9.03. The number of alkyl halides is 2. The molecule has 0 saturated heterocycles. The molecule has 0 bridgehead atoms. The number of methoxy groups -OCH3 is 1. The second kappa shape index (κ2) is 9.41. The number of halogens is 2. The molecule has 30 heavy (non-hydrogen) atoms. The van der Waals surface area contributed by atoms with Gasteiger partial charge in [-0.15, -0.1) is 0 Å². The highest BCUT2D eigenvalue weighted by atomic mass is 32.2. The molecular weight excluding hydrogens is 412 g/mol. The summed E-state index contributed by atoms with van der Waals surface area (Å²) in [6.45, 7) is -1.24. The first kappa shape index (κ1) is 21.3. The first-order valence-electron chi connectivity index (χ1n) is 8.81. The van der Waals surface area contributed by atoms with Gasteiger partial charge in [0.25, 0.3) is 5.91 Å². The van der Waals surface area contributed by atoms with Gasteiger partial charge in [0.05, 0.1) is 24.1 Å². The number of benzene rings is 2. The highest BCUT2D eigenvalue weighted by Crippen LogP contribution is 2.32. The molecule has 1 amide bonds. The number of aliphatic imine (C=N–C) groups is 1. The normalized spacial score (nSPS) is 15.9. The van der Waals surface area contributed by atoms with Gasteiger partial charge in [0.1, 0.15) is 17.2 Å². The molecule has 1 heterocycles. The van der Waals surface area contributed by atoms with Gasteiger partial charge in [-0.3, -0.25) is 9.69 Å². The molecule has 0 N–H and O–H groups in total. The van der Waals surface area contributed by atoms with E-state index in [1.54, 1.807) is 44.4 Å². The van der Waals surface area contributed by atoms with Crippen LogP contribution in [0.25, 0.3) is 6.08 Å². The minimum Gasteiger partial charge on any atom is -0.497 e. The summed E-state index contributed by atoms with van der Waals surface area (Å²) in [6, 6.07) is 14.9. The van der Waals surface area contributed by atoms with Crippen molar-refractivity contribution in [2.24, 2.45) is 4.99 Å². The molecule has 2 aromatic rings. The van der Waals surface area contributed by atoms with Crippen LogP contribution in [0.3, 0.4) is 0 Å². The van der Waals surface area contributed by atoms with Crippen molar-refractivity contribution in [2.45, 2.75) is 18.8 Å². The van der Waals surface area contributed by atoms with Crippen molar-refractivity contribution in [2.75, 3.05) is 12.0 Å². The SMILES string of the molecule is COc1ccc(/C=C2\N=C(SC(C)C#N)N(c3ccc(OC(F)F)cc3)C2=O)cc1. The van der Waals surface area contributed by atoms with Crippen LogP contribution in [0.1, 0.15) is 12.5 Å². The van der Waals surface area contributed by atoms with Gasteiger partial charge in [0, 0.05) is 0 Å². The average Bonchev–Trinajstić information content (AvgIpc) is 3.03. The van der Waals surface area contributed by atoms with Gasteiger partial charge in [-0.2, -0.15) is 14.0 Å². The lowest BCUT2D eigenvalue weighted by Crippen LogP contribution is -2.31. The van der Waals surface area contributed by atoms with Crippen LogP contribution in [0.4, 0.5) is 14.5 Å². The Bertz CT molecular complexity index is 1020. The van der Waals surface area contributed by atoms with Gasteiger partial charge in [0.15, 0.2) is 5.17 Å². The Morgan fingerprint density at radius 2 is 1.77 bits per heavy atom. The smallest absolute Gasteiger partial charge is 0.387 e. The lowest BCUT2D eigenvalue weighted by atomic mass is 10.2. The fourth-order valence-corrected chi connectivity index (χ4v) is 3.44. The third kappa shape index (κ3) is 4.96. The van der Waals surface area contributed by atoms with E-state index in [0.717, 1.165) is 17.3 Å². The van der Waals surface area contributed by atoms with E-state index in [1.807, 2.05) is 0 Å². The zero-order valence-corrected chi connectivity index (χ0v) is 16.9.